The maximum atomic E-state index is 13.3. The molecule has 0 aliphatic carbocycles. The number of nitrogens with zero attached hydrogens (tertiary/aromatic N) is 4. The number of carbonyl (C=O) groups is 2. The average molecular weight is 397 g/mol. The topological polar surface area (TPSA) is 87.7 Å². The maximum Gasteiger partial charge on any atom is 0.272 e. The molecule has 8 heteroatoms. The monoisotopic (exact) mass is 397 g/mol. The molecule has 1 aromatic carbocycles. The molecule has 1 N–H and O–H groups in total. The average Bonchev–Trinajstić information content (AvgIpc) is 2.87. The molecule has 0 fully saturated rings. The zero-order chi connectivity index (χ0) is 21.0. The van der Waals surface area contributed by atoms with Gasteiger partial charge in [-0.3, -0.25) is 14.6 Å². The van der Waals surface area contributed by atoms with Crippen molar-refractivity contribution in [1.29, 1.82) is 0 Å². The fourth-order valence-electron chi connectivity index (χ4n) is 3.29. The van der Waals surface area contributed by atoms with Crippen molar-refractivity contribution in [1.82, 2.24) is 25.1 Å². The van der Waals surface area contributed by atoms with E-state index in [2.05, 4.69) is 15.3 Å². The Labute approximate surface area is 170 Å². The van der Waals surface area contributed by atoms with Crippen molar-refractivity contribution in [2.24, 2.45) is 0 Å². The molecule has 2 amide bonds. The molecule has 2 heterocycles. The van der Waals surface area contributed by atoms with Gasteiger partial charge in [0.1, 0.15) is 24.1 Å². The van der Waals surface area contributed by atoms with Crippen molar-refractivity contribution in [3.05, 3.63) is 53.6 Å². The molecule has 29 heavy (non-hydrogen) atoms. The number of ether oxygens (including phenoxy) is 1. The fourth-order valence-corrected chi connectivity index (χ4v) is 3.29. The number of benzene rings is 1. The van der Waals surface area contributed by atoms with Crippen LogP contribution in [0.3, 0.4) is 0 Å². The van der Waals surface area contributed by atoms with E-state index in [0.717, 1.165) is 17.0 Å². The van der Waals surface area contributed by atoms with Gasteiger partial charge in [0, 0.05) is 24.8 Å². The summed E-state index contributed by atoms with van der Waals surface area (Å²) in [4.78, 5) is 37.7. The standard InChI is InChI=1S/C21H27N5O3/c1-14-9-23-18(10-22-14)20(27)24-15(2)21(28)26-11-16-7-5-6-8-19(16)29-13-17(26)12-25(3)4/h5-10,15,17H,11-13H2,1-4H3,(H,24,27). The molecule has 1 aliphatic heterocycles. The quantitative estimate of drug-likeness (QED) is 0.817. The second-order valence-electron chi connectivity index (χ2n) is 7.54. The van der Waals surface area contributed by atoms with E-state index in [4.69, 9.17) is 4.74 Å². The Morgan fingerprint density at radius 3 is 2.72 bits per heavy atom. The van der Waals surface area contributed by atoms with Gasteiger partial charge in [-0.15, -0.1) is 0 Å². The summed E-state index contributed by atoms with van der Waals surface area (Å²) in [6, 6.07) is 6.88. The predicted octanol–water partition coefficient (Wildman–Crippen LogP) is 1.25. The van der Waals surface area contributed by atoms with Gasteiger partial charge in [0.2, 0.25) is 5.91 Å². The lowest BCUT2D eigenvalue weighted by Crippen LogP contribution is -2.53. The van der Waals surface area contributed by atoms with Crippen molar-refractivity contribution in [2.75, 3.05) is 27.2 Å². The number of hydrogen-bond donors (Lipinski definition) is 1. The molecular formula is C21H27N5O3. The van der Waals surface area contributed by atoms with E-state index >= 15 is 0 Å². The normalized spacial score (nSPS) is 17.1. The van der Waals surface area contributed by atoms with Crippen LogP contribution in [0, 0.1) is 6.92 Å². The highest BCUT2D eigenvalue weighted by molar-refractivity contribution is 5.95. The summed E-state index contributed by atoms with van der Waals surface area (Å²) in [7, 11) is 3.92. The lowest BCUT2D eigenvalue weighted by molar-refractivity contribution is -0.136. The number of likely N-dealkylation sites (N-methyl/N-ethyl adjacent to an activating group) is 1. The minimum absolute atomic E-state index is 0.136. The van der Waals surface area contributed by atoms with E-state index < -0.39 is 11.9 Å². The maximum absolute atomic E-state index is 13.3. The zero-order valence-electron chi connectivity index (χ0n) is 17.3. The van der Waals surface area contributed by atoms with E-state index in [-0.39, 0.29) is 17.6 Å². The number of aromatic nitrogens is 2. The molecule has 2 unspecified atom stereocenters. The fraction of sp³-hybridized carbons (Fsp3) is 0.429. The molecule has 0 saturated heterocycles. The molecule has 0 saturated carbocycles. The Balaban J connectivity index is 1.77. The molecule has 0 spiro atoms. The first kappa shape index (κ1) is 20.7. The van der Waals surface area contributed by atoms with E-state index in [0.29, 0.717) is 19.7 Å². The van der Waals surface area contributed by atoms with Gasteiger partial charge >= 0.3 is 0 Å². The second-order valence-corrected chi connectivity index (χ2v) is 7.54. The van der Waals surface area contributed by atoms with Gasteiger partial charge < -0.3 is 19.9 Å². The summed E-state index contributed by atoms with van der Waals surface area (Å²) in [5, 5.41) is 2.74. The first-order valence-electron chi connectivity index (χ1n) is 9.60. The van der Waals surface area contributed by atoms with E-state index in [1.165, 1.54) is 12.4 Å². The third kappa shape index (κ3) is 5.08. The van der Waals surface area contributed by atoms with Gasteiger partial charge in [0.25, 0.3) is 5.91 Å². The number of hydrogen-bond acceptors (Lipinski definition) is 6. The summed E-state index contributed by atoms with van der Waals surface area (Å²) >= 11 is 0. The van der Waals surface area contributed by atoms with Crippen molar-refractivity contribution >= 4 is 11.8 Å². The third-order valence-corrected chi connectivity index (χ3v) is 4.78. The number of rotatable bonds is 5. The number of amides is 2. The molecule has 0 radical (unpaired) electrons. The van der Waals surface area contributed by atoms with Crippen molar-refractivity contribution in [3.8, 4) is 5.75 Å². The van der Waals surface area contributed by atoms with Crippen LogP contribution in [0.1, 0.15) is 28.7 Å². The van der Waals surface area contributed by atoms with Gasteiger partial charge in [0.15, 0.2) is 0 Å². The Bertz CT molecular complexity index is 869. The van der Waals surface area contributed by atoms with Crippen LogP contribution < -0.4 is 10.1 Å². The van der Waals surface area contributed by atoms with Crippen LogP contribution >= 0.6 is 0 Å². The van der Waals surface area contributed by atoms with Crippen molar-refractivity contribution < 1.29 is 14.3 Å². The van der Waals surface area contributed by atoms with Gasteiger partial charge in [0.05, 0.1) is 17.9 Å². The molecule has 3 rings (SSSR count). The van der Waals surface area contributed by atoms with Gasteiger partial charge in [-0.05, 0) is 34.0 Å². The number of nitrogens with one attached hydrogen (secondary N) is 1. The Morgan fingerprint density at radius 1 is 1.28 bits per heavy atom. The van der Waals surface area contributed by atoms with Crippen LogP contribution in [0.25, 0.3) is 0 Å². The Hall–Kier alpha value is -3.00. The minimum atomic E-state index is -0.708. The Morgan fingerprint density at radius 2 is 2.03 bits per heavy atom. The first-order chi connectivity index (χ1) is 13.8. The van der Waals surface area contributed by atoms with Crippen molar-refractivity contribution in [2.45, 2.75) is 32.5 Å². The largest absolute Gasteiger partial charge is 0.491 e. The SMILES string of the molecule is Cc1cnc(C(=O)NC(C)C(=O)N2Cc3ccccc3OCC2CN(C)C)cn1. The van der Waals surface area contributed by atoms with E-state index in [9.17, 15) is 9.59 Å². The van der Waals surface area contributed by atoms with E-state index in [1.807, 2.05) is 43.3 Å². The highest BCUT2D eigenvalue weighted by Crippen LogP contribution is 2.25. The van der Waals surface area contributed by atoms with Gasteiger partial charge in [-0.2, -0.15) is 0 Å². The molecule has 2 atom stereocenters. The summed E-state index contributed by atoms with van der Waals surface area (Å²) in [6.45, 7) is 4.96. The van der Waals surface area contributed by atoms with Crippen LogP contribution in [0.15, 0.2) is 36.7 Å². The molecule has 2 aromatic rings. The number of carbonyl (C=O) groups excluding carboxylic acids is 2. The lowest BCUT2D eigenvalue weighted by atomic mass is 10.1. The van der Waals surface area contributed by atoms with E-state index in [1.54, 1.807) is 18.7 Å². The smallest absolute Gasteiger partial charge is 0.272 e. The first-order valence-corrected chi connectivity index (χ1v) is 9.60. The van der Waals surface area contributed by atoms with Crippen LogP contribution in [0.2, 0.25) is 0 Å². The van der Waals surface area contributed by atoms with Crippen LogP contribution in [0.4, 0.5) is 0 Å². The molecule has 0 bridgehead atoms. The Kier molecular flexibility index (Phi) is 6.43. The van der Waals surface area contributed by atoms with Crippen LogP contribution in [-0.4, -0.2) is 70.9 Å². The van der Waals surface area contributed by atoms with Crippen molar-refractivity contribution in [3.63, 3.8) is 0 Å². The van der Waals surface area contributed by atoms with Gasteiger partial charge in [-0.1, -0.05) is 18.2 Å². The summed E-state index contributed by atoms with van der Waals surface area (Å²) in [5.41, 5.74) is 1.86. The highest BCUT2D eigenvalue weighted by atomic mass is 16.5. The van der Waals surface area contributed by atoms with Crippen LogP contribution in [0.5, 0.6) is 5.75 Å². The minimum Gasteiger partial charge on any atom is -0.491 e. The number of fused-ring (bicyclic) bond motifs is 1. The highest BCUT2D eigenvalue weighted by Gasteiger charge is 2.32. The lowest BCUT2D eigenvalue weighted by Gasteiger charge is -2.33. The molecular weight excluding hydrogens is 370 g/mol. The van der Waals surface area contributed by atoms with Crippen LogP contribution in [-0.2, 0) is 11.3 Å². The predicted molar refractivity (Wildman–Crippen MR) is 109 cm³/mol. The molecule has 8 nitrogen and oxygen atoms in total. The summed E-state index contributed by atoms with van der Waals surface area (Å²) in [6.07, 6.45) is 2.93. The second kappa shape index (κ2) is 9.00. The molecule has 1 aromatic heterocycles. The third-order valence-electron chi connectivity index (χ3n) is 4.78. The molecule has 154 valence electrons. The van der Waals surface area contributed by atoms with Gasteiger partial charge in [-0.25, -0.2) is 4.98 Å². The summed E-state index contributed by atoms with van der Waals surface area (Å²) < 4.78 is 5.96. The number of aryl methyl sites for hydroxylation is 1. The summed E-state index contributed by atoms with van der Waals surface area (Å²) in [5.74, 6) is 0.206. The molecule has 1 aliphatic rings. The zero-order valence-corrected chi connectivity index (χ0v) is 17.3. The number of para-hydroxylation sites is 1.